The highest BCUT2D eigenvalue weighted by atomic mass is 16.6. The van der Waals surface area contributed by atoms with Crippen LogP contribution in [0.3, 0.4) is 0 Å². The first-order chi connectivity index (χ1) is 9.15. The van der Waals surface area contributed by atoms with E-state index in [1.165, 1.54) is 6.08 Å². The molecule has 0 aliphatic carbocycles. The molecule has 0 spiro atoms. The fourth-order valence-corrected chi connectivity index (χ4v) is 1.04. The third-order valence-electron chi connectivity index (χ3n) is 1.86. The molecule has 0 aromatic carbocycles. The molecule has 0 rings (SSSR count). The van der Waals surface area contributed by atoms with Crippen molar-refractivity contribution in [2.24, 2.45) is 0 Å². The molecule has 0 aromatic rings. The lowest BCUT2D eigenvalue weighted by molar-refractivity contribution is -0.143. The Morgan fingerprint density at radius 3 is 2.21 bits per heavy atom. The predicted molar refractivity (Wildman–Crippen MR) is 68.3 cm³/mol. The average molecular weight is 272 g/mol. The standard InChI is InChI=1S/C13H20O6/c1-4-11(13(15)17-6-3)18-9-7-16-8-10-19-12(14)5-2/h4-5H,2,6-10H2,1,3H3. The fraction of sp³-hybridized carbons (Fsp3) is 0.538. The normalized spacial score (nSPS) is 10.7. The first kappa shape index (κ1) is 17.2. The smallest absolute Gasteiger partial charge is 0.373 e. The Hall–Kier alpha value is -1.82. The lowest BCUT2D eigenvalue weighted by Gasteiger charge is -2.09. The molecule has 19 heavy (non-hydrogen) atoms. The number of rotatable bonds is 10. The van der Waals surface area contributed by atoms with Gasteiger partial charge in [-0.15, -0.1) is 0 Å². The van der Waals surface area contributed by atoms with Crippen LogP contribution in [0.2, 0.25) is 0 Å². The maximum Gasteiger partial charge on any atom is 0.373 e. The van der Waals surface area contributed by atoms with Gasteiger partial charge in [-0.3, -0.25) is 0 Å². The van der Waals surface area contributed by atoms with Crippen LogP contribution in [0.5, 0.6) is 0 Å². The molecule has 0 unspecified atom stereocenters. The monoisotopic (exact) mass is 272 g/mol. The predicted octanol–water partition coefficient (Wildman–Crippen LogP) is 1.22. The Balaban J connectivity index is 3.60. The lowest BCUT2D eigenvalue weighted by Crippen LogP contribution is -2.15. The molecule has 0 amide bonds. The highest BCUT2D eigenvalue weighted by molar-refractivity contribution is 5.86. The molecular weight excluding hydrogens is 252 g/mol. The summed E-state index contributed by atoms with van der Waals surface area (Å²) in [7, 11) is 0. The Bertz CT molecular complexity index is 321. The molecule has 0 N–H and O–H groups in total. The maximum atomic E-state index is 11.3. The quantitative estimate of drug-likeness (QED) is 0.258. The van der Waals surface area contributed by atoms with E-state index in [0.717, 1.165) is 6.08 Å². The second-order valence-corrected chi connectivity index (χ2v) is 3.21. The summed E-state index contributed by atoms with van der Waals surface area (Å²) >= 11 is 0. The van der Waals surface area contributed by atoms with Crippen LogP contribution in [-0.2, 0) is 28.5 Å². The summed E-state index contributed by atoms with van der Waals surface area (Å²) in [6, 6.07) is 0. The number of esters is 2. The Morgan fingerprint density at radius 2 is 1.68 bits per heavy atom. The van der Waals surface area contributed by atoms with Gasteiger partial charge >= 0.3 is 11.9 Å². The summed E-state index contributed by atoms with van der Waals surface area (Å²) in [4.78, 5) is 22.0. The third kappa shape index (κ3) is 8.84. The van der Waals surface area contributed by atoms with E-state index in [4.69, 9.17) is 18.9 Å². The number of carbonyl (C=O) groups is 2. The van der Waals surface area contributed by atoms with Crippen molar-refractivity contribution in [3.63, 3.8) is 0 Å². The van der Waals surface area contributed by atoms with Gasteiger partial charge in [0.15, 0.2) is 5.76 Å². The molecule has 0 heterocycles. The minimum atomic E-state index is -0.495. The van der Waals surface area contributed by atoms with E-state index in [9.17, 15) is 9.59 Å². The summed E-state index contributed by atoms with van der Waals surface area (Å²) in [5, 5.41) is 0. The zero-order valence-electron chi connectivity index (χ0n) is 11.3. The number of hydrogen-bond acceptors (Lipinski definition) is 6. The molecule has 0 aliphatic heterocycles. The van der Waals surface area contributed by atoms with Crippen LogP contribution in [0, 0.1) is 0 Å². The van der Waals surface area contributed by atoms with Crippen molar-refractivity contribution in [3.8, 4) is 0 Å². The van der Waals surface area contributed by atoms with Gasteiger partial charge < -0.3 is 18.9 Å². The molecule has 0 aromatic heterocycles. The van der Waals surface area contributed by atoms with E-state index >= 15 is 0 Å². The lowest BCUT2D eigenvalue weighted by atomic mass is 10.4. The summed E-state index contributed by atoms with van der Waals surface area (Å²) in [5.74, 6) is -0.827. The van der Waals surface area contributed by atoms with Crippen molar-refractivity contribution in [1.29, 1.82) is 0 Å². The first-order valence-corrected chi connectivity index (χ1v) is 5.98. The van der Waals surface area contributed by atoms with Crippen LogP contribution in [0.1, 0.15) is 13.8 Å². The molecule has 6 nitrogen and oxygen atoms in total. The zero-order chi connectivity index (χ0) is 14.5. The number of ether oxygens (including phenoxy) is 4. The highest BCUT2D eigenvalue weighted by Gasteiger charge is 2.10. The molecule has 108 valence electrons. The van der Waals surface area contributed by atoms with Crippen molar-refractivity contribution >= 4 is 11.9 Å². The van der Waals surface area contributed by atoms with Gasteiger partial charge in [0.1, 0.15) is 13.2 Å². The number of carbonyl (C=O) groups excluding carboxylic acids is 2. The van der Waals surface area contributed by atoms with Crippen molar-refractivity contribution in [3.05, 3.63) is 24.5 Å². The van der Waals surface area contributed by atoms with Crippen molar-refractivity contribution < 1.29 is 28.5 Å². The molecule has 0 fully saturated rings. The van der Waals surface area contributed by atoms with E-state index in [1.807, 2.05) is 0 Å². The average Bonchev–Trinajstić information content (AvgIpc) is 2.41. The topological polar surface area (TPSA) is 71.1 Å². The maximum absolute atomic E-state index is 11.3. The van der Waals surface area contributed by atoms with Crippen LogP contribution < -0.4 is 0 Å². The Morgan fingerprint density at radius 1 is 1.05 bits per heavy atom. The van der Waals surface area contributed by atoms with Crippen LogP contribution in [0.15, 0.2) is 24.5 Å². The SMILES string of the molecule is C=CC(=O)OCCOCCOC(=CC)C(=O)OCC. The summed E-state index contributed by atoms with van der Waals surface area (Å²) in [5.41, 5.74) is 0. The molecule has 0 saturated heterocycles. The summed E-state index contributed by atoms with van der Waals surface area (Å²) < 4.78 is 19.8. The van der Waals surface area contributed by atoms with E-state index in [1.54, 1.807) is 13.8 Å². The van der Waals surface area contributed by atoms with Crippen molar-refractivity contribution in [2.45, 2.75) is 13.8 Å². The summed E-state index contributed by atoms with van der Waals surface area (Å²) in [6.07, 6.45) is 2.62. The first-order valence-electron chi connectivity index (χ1n) is 5.98. The van der Waals surface area contributed by atoms with Gasteiger partial charge in [-0.1, -0.05) is 6.58 Å². The van der Waals surface area contributed by atoms with Gasteiger partial charge in [0.05, 0.1) is 19.8 Å². The zero-order valence-corrected chi connectivity index (χ0v) is 11.3. The Labute approximate surface area is 113 Å². The van der Waals surface area contributed by atoms with Gasteiger partial charge in [0, 0.05) is 6.08 Å². The van der Waals surface area contributed by atoms with Crippen LogP contribution in [-0.4, -0.2) is 45.0 Å². The molecular formula is C13H20O6. The van der Waals surface area contributed by atoms with E-state index in [0.29, 0.717) is 6.61 Å². The van der Waals surface area contributed by atoms with Crippen LogP contribution >= 0.6 is 0 Å². The van der Waals surface area contributed by atoms with Gasteiger partial charge in [-0.05, 0) is 19.9 Å². The van der Waals surface area contributed by atoms with E-state index in [-0.39, 0.29) is 32.2 Å². The van der Waals surface area contributed by atoms with Gasteiger partial charge in [-0.25, -0.2) is 9.59 Å². The highest BCUT2D eigenvalue weighted by Crippen LogP contribution is 2.00. The van der Waals surface area contributed by atoms with E-state index in [2.05, 4.69) is 6.58 Å². The molecule has 0 radical (unpaired) electrons. The third-order valence-corrected chi connectivity index (χ3v) is 1.86. The van der Waals surface area contributed by atoms with Gasteiger partial charge in [0.25, 0.3) is 0 Å². The number of hydrogen-bond donors (Lipinski definition) is 0. The second-order valence-electron chi connectivity index (χ2n) is 3.21. The molecule has 6 heteroatoms. The molecule has 0 atom stereocenters. The van der Waals surface area contributed by atoms with Crippen LogP contribution in [0.25, 0.3) is 0 Å². The van der Waals surface area contributed by atoms with Crippen LogP contribution in [0.4, 0.5) is 0 Å². The summed E-state index contributed by atoms with van der Waals surface area (Å²) in [6.45, 7) is 7.87. The minimum Gasteiger partial charge on any atom is -0.484 e. The minimum absolute atomic E-state index is 0.152. The fourth-order valence-electron chi connectivity index (χ4n) is 1.04. The molecule has 0 aliphatic rings. The number of allylic oxidation sites excluding steroid dienone is 1. The molecule has 0 bridgehead atoms. The van der Waals surface area contributed by atoms with Gasteiger partial charge in [-0.2, -0.15) is 0 Å². The molecule has 0 saturated carbocycles. The van der Waals surface area contributed by atoms with Gasteiger partial charge in [0.2, 0.25) is 0 Å². The van der Waals surface area contributed by atoms with Crippen molar-refractivity contribution in [2.75, 3.05) is 33.0 Å². The van der Waals surface area contributed by atoms with E-state index < -0.39 is 11.9 Å². The Kier molecular flexibility index (Phi) is 10.2. The largest absolute Gasteiger partial charge is 0.484 e. The van der Waals surface area contributed by atoms with Crippen molar-refractivity contribution in [1.82, 2.24) is 0 Å². The second kappa shape index (κ2) is 11.3.